The van der Waals surface area contributed by atoms with Gasteiger partial charge in [-0.3, -0.25) is 9.78 Å². The third-order valence-corrected chi connectivity index (χ3v) is 6.64. The second-order valence-electron chi connectivity index (χ2n) is 7.93. The third-order valence-electron chi connectivity index (χ3n) is 5.79. The molecule has 5 rings (SSSR count). The van der Waals surface area contributed by atoms with Crippen LogP contribution in [0.5, 0.6) is 0 Å². The quantitative estimate of drug-likeness (QED) is 0.581. The predicted octanol–water partition coefficient (Wildman–Crippen LogP) is 3.85. The van der Waals surface area contributed by atoms with Gasteiger partial charge in [-0.1, -0.05) is 6.07 Å². The van der Waals surface area contributed by atoms with Crippen LogP contribution < -0.4 is 0 Å². The van der Waals surface area contributed by atoms with Gasteiger partial charge >= 0.3 is 12.1 Å². The van der Waals surface area contributed by atoms with Gasteiger partial charge in [0.25, 0.3) is 5.91 Å². The van der Waals surface area contributed by atoms with Crippen molar-refractivity contribution in [3.63, 3.8) is 0 Å². The fourth-order valence-corrected chi connectivity index (χ4v) is 4.67. The lowest BCUT2D eigenvalue weighted by Crippen LogP contribution is -2.51. The number of imidazole rings is 1. The van der Waals surface area contributed by atoms with Crippen molar-refractivity contribution in [1.29, 1.82) is 0 Å². The molecule has 8 nitrogen and oxygen atoms in total. The highest BCUT2D eigenvalue weighted by molar-refractivity contribution is 7.12. The van der Waals surface area contributed by atoms with Crippen LogP contribution in [0.1, 0.15) is 28.3 Å². The molecular formula is C22H21F3N4O4S. The summed E-state index contributed by atoms with van der Waals surface area (Å²) in [5.74, 6) is -1.67. The SMILES string of the molecule is O=C(O)C(F)(F)F.O=C(c1cccs1)N1CCC2(CC1)Cn1c(-c3cccnc3)cnc1CO2. The van der Waals surface area contributed by atoms with Crippen molar-refractivity contribution in [1.82, 2.24) is 19.4 Å². The largest absolute Gasteiger partial charge is 0.490 e. The minimum atomic E-state index is -5.08. The lowest BCUT2D eigenvalue weighted by molar-refractivity contribution is -0.192. The summed E-state index contributed by atoms with van der Waals surface area (Å²) in [6, 6.07) is 7.82. The number of carbonyl (C=O) groups excluding carboxylic acids is 1. The molecule has 3 aromatic rings. The minimum Gasteiger partial charge on any atom is -0.475 e. The van der Waals surface area contributed by atoms with Crippen molar-refractivity contribution in [2.24, 2.45) is 0 Å². The van der Waals surface area contributed by atoms with E-state index in [-0.39, 0.29) is 11.5 Å². The predicted molar refractivity (Wildman–Crippen MR) is 116 cm³/mol. The second-order valence-corrected chi connectivity index (χ2v) is 8.88. The maximum atomic E-state index is 12.6. The van der Waals surface area contributed by atoms with E-state index in [0.29, 0.717) is 6.61 Å². The van der Waals surface area contributed by atoms with Gasteiger partial charge in [-0.05, 0) is 36.4 Å². The zero-order valence-corrected chi connectivity index (χ0v) is 18.7. The van der Waals surface area contributed by atoms with Gasteiger partial charge < -0.3 is 19.3 Å². The molecule has 0 atom stereocenters. The Labute approximate surface area is 196 Å². The number of aromatic nitrogens is 3. The average Bonchev–Trinajstić information content (AvgIpc) is 3.50. The standard InChI is InChI=1S/C20H20N4O2S.C2HF3O2/c25-19(17-4-2-10-27-17)23-8-5-20(6-9-23)14-24-16(12-22-18(24)13-26-20)15-3-1-7-21-11-15;3-2(4,5)1(6)7/h1-4,7,10-12H,5-6,8-9,13-14H2;(H,6,7). The number of halogens is 3. The first-order valence-corrected chi connectivity index (χ1v) is 11.3. The molecule has 180 valence electrons. The number of carboxylic acid groups (broad SMARTS) is 1. The summed E-state index contributed by atoms with van der Waals surface area (Å²) >= 11 is 1.50. The molecule has 0 unspecified atom stereocenters. The van der Waals surface area contributed by atoms with E-state index in [1.165, 1.54) is 11.3 Å². The number of aliphatic carboxylic acids is 1. The van der Waals surface area contributed by atoms with Crippen molar-refractivity contribution in [3.8, 4) is 11.3 Å². The van der Waals surface area contributed by atoms with Crippen molar-refractivity contribution in [3.05, 3.63) is 58.9 Å². The number of ether oxygens (including phenoxy) is 1. The molecule has 5 heterocycles. The minimum absolute atomic E-state index is 0.134. The van der Waals surface area contributed by atoms with Crippen LogP contribution in [0.25, 0.3) is 11.3 Å². The van der Waals surface area contributed by atoms with Crippen molar-refractivity contribution >= 4 is 23.2 Å². The number of fused-ring (bicyclic) bond motifs is 1. The molecule has 0 aliphatic carbocycles. The molecule has 2 aliphatic rings. The van der Waals surface area contributed by atoms with Crippen LogP contribution in [0.2, 0.25) is 0 Å². The molecule has 0 radical (unpaired) electrons. The summed E-state index contributed by atoms with van der Waals surface area (Å²) in [5.41, 5.74) is 1.92. The Morgan fingerprint density at radius 1 is 1.15 bits per heavy atom. The molecule has 1 N–H and O–H groups in total. The Hall–Kier alpha value is -3.25. The van der Waals surface area contributed by atoms with Gasteiger partial charge in [0.05, 0.1) is 28.9 Å². The number of carboxylic acids is 1. The summed E-state index contributed by atoms with van der Waals surface area (Å²) < 4.78 is 40.3. The van der Waals surface area contributed by atoms with E-state index in [4.69, 9.17) is 14.6 Å². The van der Waals surface area contributed by atoms with E-state index < -0.39 is 12.1 Å². The number of carbonyl (C=O) groups is 2. The topological polar surface area (TPSA) is 97.6 Å². The maximum Gasteiger partial charge on any atom is 0.490 e. The van der Waals surface area contributed by atoms with Crippen LogP contribution in [-0.4, -0.2) is 61.3 Å². The van der Waals surface area contributed by atoms with Gasteiger partial charge in [0, 0.05) is 31.0 Å². The Kier molecular flexibility index (Phi) is 6.71. The number of thiophene rings is 1. The molecular weight excluding hydrogens is 473 g/mol. The number of rotatable bonds is 2. The van der Waals surface area contributed by atoms with Gasteiger partial charge in [-0.2, -0.15) is 13.2 Å². The molecule has 34 heavy (non-hydrogen) atoms. The number of hydrogen-bond donors (Lipinski definition) is 1. The highest BCUT2D eigenvalue weighted by Crippen LogP contribution is 2.36. The fourth-order valence-electron chi connectivity index (χ4n) is 3.98. The number of nitrogens with zero attached hydrogens (tertiary/aromatic N) is 4. The van der Waals surface area contributed by atoms with E-state index in [9.17, 15) is 18.0 Å². The molecule has 3 aromatic heterocycles. The monoisotopic (exact) mass is 494 g/mol. The normalized spacial score (nSPS) is 17.0. The van der Waals surface area contributed by atoms with E-state index in [0.717, 1.165) is 54.4 Å². The van der Waals surface area contributed by atoms with E-state index >= 15 is 0 Å². The van der Waals surface area contributed by atoms with Gasteiger partial charge in [0.1, 0.15) is 12.4 Å². The highest BCUT2D eigenvalue weighted by atomic mass is 32.1. The maximum absolute atomic E-state index is 12.6. The zero-order valence-electron chi connectivity index (χ0n) is 17.9. The molecule has 12 heteroatoms. The van der Waals surface area contributed by atoms with Gasteiger partial charge in [-0.25, -0.2) is 9.78 Å². The van der Waals surface area contributed by atoms with E-state index in [1.54, 1.807) is 6.20 Å². The Bertz CT molecular complexity index is 1140. The van der Waals surface area contributed by atoms with Crippen molar-refractivity contribution in [2.45, 2.75) is 37.8 Å². The number of likely N-dealkylation sites (tertiary alicyclic amines) is 1. The van der Waals surface area contributed by atoms with Crippen LogP contribution in [0.15, 0.2) is 48.2 Å². The lowest BCUT2D eigenvalue weighted by Gasteiger charge is -2.44. The smallest absolute Gasteiger partial charge is 0.475 e. The van der Waals surface area contributed by atoms with Crippen LogP contribution >= 0.6 is 11.3 Å². The molecule has 1 spiro atoms. The van der Waals surface area contributed by atoms with Crippen LogP contribution in [0, 0.1) is 0 Å². The van der Waals surface area contributed by atoms with E-state index in [1.807, 2.05) is 40.9 Å². The van der Waals surface area contributed by atoms with Gasteiger partial charge in [0.2, 0.25) is 0 Å². The first kappa shape index (κ1) is 23.9. The molecule has 2 aliphatic heterocycles. The number of piperidine rings is 1. The molecule has 0 saturated carbocycles. The Morgan fingerprint density at radius 2 is 1.88 bits per heavy atom. The van der Waals surface area contributed by atoms with Crippen molar-refractivity contribution in [2.75, 3.05) is 13.1 Å². The summed E-state index contributed by atoms with van der Waals surface area (Å²) in [6.45, 7) is 2.73. The van der Waals surface area contributed by atoms with Gasteiger partial charge in [0.15, 0.2) is 0 Å². The first-order valence-electron chi connectivity index (χ1n) is 10.4. The lowest BCUT2D eigenvalue weighted by atomic mass is 9.89. The molecule has 1 saturated heterocycles. The summed E-state index contributed by atoms with van der Waals surface area (Å²) in [6.07, 6.45) is 2.16. The molecule has 1 fully saturated rings. The first-order chi connectivity index (χ1) is 16.2. The number of hydrogen-bond acceptors (Lipinski definition) is 6. The average molecular weight is 494 g/mol. The summed E-state index contributed by atoms with van der Waals surface area (Å²) in [5, 5.41) is 9.07. The summed E-state index contributed by atoms with van der Waals surface area (Å²) in [7, 11) is 0. The van der Waals surface area contributed by atoms with Crippen LogP contribution in [0.3, 0.4) is 0 Å². The van der Waals surface area contributed by atoms with E-state index in [2.05, 4.69) is 20.6 Å². The molecule has 0 bridgehead atoms. The van der Waals surface area contributed by atoms with Crippen molar-refractivity contribution < 1.29 is 32.6 Å². The number of alkyl halides is 3. The summed E-state index contributed by atoms with van der Waals surface area (Å²) in [4.78, 5) is 33.0. The van der Waals surface area contributed by atoms with Gasteiger partial charge in [-0.15, -0.1) is 11.3 Å². The third kappa shape index (κ3) is 5.12. The number of pyridine rings is 1. The Morgan fingerprint density at radius 3 is 2.47 bits per heavy atom. The van der Waals surface area contributed by atoms with Crippen LogP contribution in [-0.2, 0) is 22.7 Å². The number of amides is 1. The molecule has 1 amide bonds. The Balaban J connectivity index is 0.000000344. The molecule has 0 aromatic carbocycles. The second kappa shape index (κ2) is 9.55. The zero-order chi connectivity index (χ0) is 24.3. The fraction of sp³-hybridized carbons (Fsp3) is 0.364. The highest BCUT2D eigenvalue weighted by Gasteiger charge is 2.41. The van der Waals surface area contributed by atoms with Crippen LogP contribution in [0.4, 0.5) is 13.2 Å².